The molecule has 0 atom stereocenters. The minimum absolute atomic E-state index is 0.716. The van der Waals surface area contributed by atoms with Crippen molar-refractivity contribution in [2.45, 2.75) is 0 Å². The van der Waals surface area contributed by atoms with Gasteiger partial charge < -0.3 is 0 Å². The first kappa shape index (κ1) is 6.38. The molecule has 0 fully saturated rings. The van der Waals surface area contributed by atoms with Crippen LogP contribution in [0.25, 0.3) is 10.1 Å². The second-order valence-electron chi connectivity index (χ2n) is 2.23. The third-order valence-corrected chi connectivity index (χ3v) is 2.34. The standard InChI is InChI=1S/C9H4NS/c10-6-7-1-2-8-3-4-11-9(8)5-7/h1-3,5H. The van der Waals surface area contributed by atoms with Crippen molar-refractivity contribution in [1.29, 1.82) is 5.26 Å². The van der Waals surface area contributed by atoms with E-state index in [4.69, 9.17) is 5.26 Å². The zero-order valence-corrected chi connectivity index (χ0v) is 6.48. The van der Waals surface area contributed by atoms with Crippen LogP contribution in [0.3, 0.4) is 0 Å². The molecule has 0 amide bonds. The van der Waals surface area contributed by atoms with Crippen molar-refractivity contribution in [1.82, 2.24) is 0 Å². The molecule has 1 heterocycles. The van der Waals surface area contributed by atoms with Gasteiger partial charge in [0.05, 0.1) is 11.6 Å². The monoisotopic (exact) mass is 158 g/mol. The molecular formula is C9H4NS. The Labute approximate surface area is 68.5 Å². The topological polar surface area (TPSA) is 23.8 Å². The van der Waals surface area contributed by atoms with Crippen LogP contribution < -0.4 is 0 Å². The average molecular weight is 158 g/mol. The van der Waals surface area contributed by atoms with Crippen molar-refractivity contribution in [3.05, 3.63) is 35.2 Å². The van der Waals surface area contributed by atoms with E-state index in [1.54, 1.807) is 11.3 Å². The van der Waals surface area contributed by atoms with Gasteiger partial charge in [0.15, 0.2) is 0 Å². The molecule has 2 rings (SSSR count). The number of benzene rings is 1. The molecule has 1 aromatic carbocycles. The van der Waals surface area contributed by atoms with Crippen LogP contribution in [0.2, 0.25) is 0 Å². The first-order valence-electron chi connectivity index (χ1n) is 3.20. The Bertz CT molecular complexity index is 422. The summed E-state index contributed by atoms with van der Waals surface area (Å²) in [5.74, 6) is 0. The average Bonchev–Trinajstić information content (AvgIpc) is 2.50. The van der Waals surface area contributed by atoms with Gasteiger partial charge in [0.25, 0.3) is 0 Å². The Kier molecular flexibility index (Phi) is 1.38. The van der Waals surface area contributed by atoms with Gasteiger partial charge in [-0.1, -0.05) is 6.07 Å². The van der Waals surface area contributed by atoms with Gasteiger partial charge in [-0.2, -0.15) is 5.26 Å². The Morgan fingerprint density at radius 1 is 1.45 bits per heavy atom. The number of nitrogens with zero attached hydrogens (tertiary/aromatic N) is 1. The Balaban J connectivity index is 2.79. The maximum Gasteiger partial charge on any atom is 0.0992 e. The van der Waals surface area contributed by atoms with E-state index >= 15 is 0 Å². The molecule has 2 aromatic rings. The predicted molar refractivity (Wildman–Crippen MR) is 45.4 cm³/mol. The molecule has 0 spiro atoms. The normalized spacial score (nSPS) is 9.73. The molecule has 51 valence electrons. The third-order valence-electron chi connectivity index (χ3n) is 1.53. The molecule has 1 aromatic heterocycles. The van der Waals surface area contributed by atoms with E-state index in [-0.39, 0.29) is 0 Å². The SMILES string of the molecule is N#Cc1ccc2c[c]sc2c1. The van der Waals surface area contributed by atoms with Gasteiger partial charge in [0, 0.05) is 10.1 Å². The lowest BCUT2D eigenvalue weighted by Crippen LogP contribution is -1.69. The van der Waals surface area contributed by atoms with Gasteiger partial charge in [0.1, 0.15) is 0 Å². The molecular weight excluding hydrogens is 154 g/mol. The first-order chi connectivity index (χ1) is 5.40. The highest BCUT2D eigenvalue weighted by atomic mass is 32.1. The highest BCUT2D eigenvalue weighted by molar-refractivity contribution is 7.16. The number of nitriles is 1. The Morgan fingerprint density at radius 3 is 3.18 bits per heavy atom. The van der Waals surface area contributed by atoms with Crippen LogP contribution in [-0.2, 0) is 0 Å². The van der Waals surface area contributed by atoms with Crippen LogP contribution in [0.15, 0.2) is 24.3 Å². The summed E-state index contributed by atoms with van der Waals surface area (Å²) in [5.41, 5.74) is 0.716. The largest absolute Gasteiger partial charge is 0.192 e. The van der Waals surface area contributed by atoms with Crippen LogP contribution in [0.1, 0.15) is 5.56 Å². The van der Waals surface area contributed by atoms with E-state index in [2.05, 4.69) is 11.4 Å². The summed E-state index contributed by atoms with van der Waals surface area (Å²) in [6.45, 7) is 0. The number of rotatable bonds is 0. The van der Waals surface area contributed by atoms with E-state index in [0.29, 0.717) is 5.56 Å². The van der Waals surface area contributed by atoms with Gasteiger partial charge >= 0.3 is 0 Å². The third kappa shape index (κ3) is 0.997. The molecule has 0 saturated heterocycles. The second-order valence-corrected chi connectivity index (χ2v) is 3.11. The molecule has 0 bridgehead atoms. The summed E-state index contributed by atoms with van der Waals surface area (Å²) in [5, 5.41) is 12.8. The van der Waals surface area contributed by atoms with Crippen molar-refractivity contribution in [2.24, 2.45) is 0 Å². The number of fused-ring (bicyclic) bond motifs is 1. The lowest BCUT2D eigenvalue weighted by Gasteiger charge is -1.87. The summed E-state index contributed by atoms with van der Waals surface area (Å²) >= 11 is 1.54. The number of thiophene rings is 1. The van der Waals surface area contributed by atoms with Crippen LogP contribution in [0.4, 0.5) is 0 Å². The fourth-order valence-electron chi connectivity index (χ4n) is 0.968. The minimum Gasteiger partial charge on any atom is -0.192 e. The van der Waals surface area contributed by atoms with Gasteiger partial charge in [-0.15, -0.1) is 11.3 Å². The van der Waals surface area contributed by atoms with Crippen molar-refractivity contribution < 1.29 is 0 Å². The molecule has 0 aliphatic carbocycles. The zero-order chi connectivity index (χ0) is 7.68. The van der Waals surface area contributed by atoms with Crippen LogP contribution in [0, 0.1) is 16.7 Å². The summed E-state index contributed by atoms with van der Waals surface area (Å²) in [6.07, 6.45) is 0. The van der Waals surface area contributed by atoms with Gasteiger partial charge in [-0.25, -0.2) is 0 Å². The fourth-order valence-corrected chi connectivity index (χ4v) is 1.71. The van der Waals surface area contributed by atoms with E-state index in [9.17, 15) is 0 Å². The van der Waals surface area contributed by atoms with Crippen LogP contribution in [-0.4, -0.2) is 0 Å². The summed E-state index contributed by atoms with van der Waals surface area (Å²) in [4.78, 5) is 0. The summed E-state index contributed by atoms with van der Waals surface area (Å²) in [7, 11) is 0. The molecule has 0 N–H and O–H groups in total. The Hall–Kier alpha value is -1.33. The Morgan fingerprint density at radius 2 is 2.36 bits per heavy atom. The predicted octanol–water partition coefficient (Wildman–Crippen LogP) is 2.57. The zero-order valence-electron chi connectivity index (χ0n) is 5.66. The number of hydrogen-bond donors (Lipinski definition) is 0. The van der Waals surface area contributed by atoms with Gasteiger partial charge in [-0.05, 0) is 23.6 Å². The van der Waals surface area contributed by atoms with Crippen LogP contribution >= 0.6 is 11.3 Å². The van der Waals surface area contributed by atoms with Crippen molar-refractivity contribution in [3.8, 4) is 6.07 Å². The fraction of sp³-hybridized carbons (Fsp3) is 0. The van der Waals surface area contributed by atoms with Crippen LogP contribution in [0.5, 0.6) is 0 Å². The van der Waals surface area contributed by atoms with Crippen molar-refractivity contribution in [2.75, 3.05) is 0 Å². The van der Waals surface area contributed by atoms with Crippen molar-refractivity contribution in [3.63, 3.8) is 0 Å². The lowest BCUT2D eigenvalue weighted by molar-refractivity contribution is 1.50. The van der Waals surface area contributed by atoms with Gasteiger partial charge in [-0.3, -0.25) is 0 Å². The minimum atomic E-state index is 0.716. The second kappa shape index (κ2) is 2.37. The molecule has 0 aliphatic rings. The molecule has 0 saturated carbocycles. The molecule has 2 heteroatoms. The molecule has 11 heavy (non-hydrogen) atoms. The van der Waals surface area contributed by atoms with E-state index in [1.807, 2.05) is 24.3 Å². The molecule has 1 radical (unpaired) electrons. The highest BCUT2D eigenvalue weighted by Gasteiger charge is 1.95. The smallest absolute Gasteiger partial charge is 0.0992 e. The van der Waals surface area contributed by atoms with E-state index in [1.165, 1.54) is 0 Å². The quantitative estimate of drug-likeness (QED) is 0.578. The summed E-state index contributed by atoms with van der Waals surface area (Å²) in [6, 6.07) is 9.69. The maximum atomic E-state index is 8.58. The number of hydrogen-bond acceptors (Lipinski definition) is 2. The molecule has 0 aliphatic heterocycles. The highest BCUT2D eigenvalue weighted by Crippen LogP contribution is 2.20. The van der Waals surface area contributed by atoms with Gasteiger partial charge in [0.2, 0.25) is 0 Å². The maximum absolute atomic E-state index is 8.58. The van der Waals surface area contributed by atoms with E-state index in [0.717, 1.165) is 10.1 Å². The lowest BCUT2D eigenvalue weighted by atomic mass is 10.2. The summed E-state index contributed by atoms with van der Waals surface area (Å²) < 4.78 is 1.13. The van der Waals surface area contributed by atoms with E-state index < -0.39 is 0 Å². The molecule has 1 nitrogen and oxygen atoms in total. The molecule has 0 unspecified atom stereocenters. The first-order valence-corrected chi connectivity index (χ1v) is 4.01. The van der Waals surface area contributed by atoms with Crippen molar-refractivity contribution >= 4 is 21.4 Å².